The number of carbonyl (C=O) groups excluding carboxylic acids is 1. The van der Waals surface area contributed by atoms with Gasteiger partial charge in [0.05, 0.1) is 24.5 Å². The van der Waals surface area contributed by atoms with Gasteiger partial charge in [0.1, 0.15) is 16.9 Å². The van der Waals surface area contributed by atoms with Gasteiger partial charge in [-0.2, -0.15) is 0 Å². The Balaban J connectivity index is 1.59. The Morgan fingerprint density at radius 1 is 1.26 bits per heavy atom. The van der Waals surface area contributed by atoms with E-state index in [2.05, 4.69) is 4.98 Å². The highest BCUT2D eigenvalue weighted by Gasteiger charge is 2.29. The van der Waals surface area contributed by atoms with Crippen molar-refractivity contribution in [2.45, 2.75) is 19.6 Å². The minimum absolute atomic E-state index is 0.0878. The highest BCUT2D eigenvalue weighted by molar-refractivity contribution is 7.13. The van der Waals surface area contributed by atoms with Crippen molar-refractivity contribution in [2.24, 2.45) is 0 Å². The number of aromatic nitrogens is 1. The lowest BCUT2D eigenvalue weighted by Crippen LogP contribution is -2.24. The van der Waals surface area contributed by atoms with Gasteiger partial charge < -0.3 is 9.84 Å². The number of anilines is 1. The third kappa shape index (κ3) is 3.43. The molecule has 0 saturated carbocycles. The summed E-state index contributed by atoms with van der Waals surface area (Å²) in [6.45, 7) is 2.13. The number of cyclic esters (lactones) is 1. The maximum absolute atomic E-state index is 14.7. The summed E-state index contributed by atoms with van der Waals surface area (Å²) < 4.78 is 19.8. The fourth-order valence-electron chi connectivity index (χ4n) is 3.03. The number of hydrogen-bond donors (Lipinski definition) is 1. The Labute approximate surface area is 159 Å². The van der Waals surface area contributed by atoms with Crippen LogP contribution in [0.4, 0.5) is 14.9 Å². The number of hydrogen-bond acceptors (Lipinski definition) is 5. The third-order valence-corrected chi connectivity index (χ3v) is 5.32. The zero-order valence-corrected chi connectivity index (χ0v) is 15.4. The van der Waals surface area contributed by atoms with E-state index in [1.165, 1.54) is 22.3 Å². The molecule has 0 aliphatic carbocycles. The topological polar surface area (TPSA) is 62.7 Å². The molecule has 1 atom stereocenters. The lowest BCUT2D eigenvalue weighted by atomic mass is 10.0. The lowest BCUT2D eigenvalue weighted by Gasteiger charge is -2.14. The second-order valence-electron chi connectivity index (χ2n) is 6.35. The molecule has 27 heavy (non-hydrogen) atoms. The number of aliphatic hydroxyl groups excluding tert-OH is 1. The number of rotatable bonds is 4. The molecule has 1 saturated heterocycles. The van der Waals surface area contributed by atoms with Gasteiger partial charge in [-0.1, -0.05) is 24.3 Å². The predicted octanol–water partition coefficient (Wildman–Crippen LogP) is 4.45. The Morgan fingerprint density at radius 2 is 2.00 bits per heavy atom. The van der Waals surface area contributed by atoms with E-state index in [9.17, 15) is 9.18 Å². The second kappa shape index (κ2) is 7.09. The van der Waals surface area contributed by atoms with Crippen LogP contribution in [0, 0.1) is 5.82 Å². The van der Waals surface area contributed by atoms with Crippen molar-refractivity contribution in [1.82, 2.24) is 4.98 Å². The van der Waals surface area contributed by atoms with E-state index in [1.807, 2.05) is 29.6 Å². The van der Waals surface area contributed by atoms with E-state index in [0.717, 1.165) is 16.1 Å². The van der Waals surface area contributed by atoms with Crippen LogP contribution in [-0.2, 0) is 11.3 Å². The standard InChI is InChI=1S/C20H17FN2O3S/c1-12-9-23(20(25)26-12)16-6-7-17(18(21)8-16)13-2-4-14(5-3-13)19-22-15(10-24)11-27-19/h2-8,11-12,24H,9-10H2,1H3/t12-/m0/s1. The fourth-order valence-corrected chi connectivity index (χ4v) is 3.84. The van der Waals surface area contributed by atoms with Crippen LogP contribution in [0.1, 0.15) is 12.6 Å². The Morgan fingerprint density at radius 3 is 2.59 bits per heavy atom. The van der Waals surface area contributed by atoms with Gasteiger partial charge in [-0.25, -0.2) is 14.2 Å². The van der Waals surface area contributed by atoms with Crippen molar-refractivity contribution in [2.75, 3.05) is 11.4 Å². The number of halogens is 1. The Bertz CT molecular complexity index is 987. The number of ether oxygens (including phenoxy) is 1. The quantitative estimate of drug-likeness (QED) is 0.722. The zero-order valence-electron chi connectivity index (χ0n) is 14.6. The molecular weight excluding hydrogens is 367 g/mol. The first-order chi connectivity index (χ1) is 13.0. The molecule has 1 fully saturated rings. The van der Waals surface area contributed by atoms with Gasteiger partial charge in [-0.05, 0) is 30.7 Å². The Kier molecular flexibility index (Phi) is 4.63. The predicted molar refractivity (Wildman–Crippen MR) is 102 cm³/mol. The molecule has 1 N–H and O–H groups in total. The monoisotopic (exact) mass is 384 g/mol. The van der Waals surface area contributed by atoms with Crippen LogP contribution < -0.4 is 4.90 Å². The van der Waals surface area contributed by atoms with Gasteiger partial charge >= 0.3 is 6.09 Å². The first kappa shape index (κ1) is 17.6. The van der Waals surface area contributed by atoms with Crippen molar-refractivity contribution < 1.29 is 19.0 Å². The highest BCUT2D eigenvalue weighted by atomic mass is 32.1. The van der Waals surface area contributed by atoms with E-state index in [0.29, 0.717) is 23.5 Å². The molecule has 1 aliphatic rings. The molecule has 0 spiro atoms. The molecular formula is C20H17FN2O3S. The molecule has 4 rings (SSSR count). The summed E-state index contributed by atoms with van der Waals surface area (Å²) in [5.74, 6) is -0.399. The molecule has 3 aromatic rings. The summed E-state index contributed by atoms with van der Waals surface area (Å²) in [7, 11) is 0. The summed E-state index contributed by atoms with van der Waals surface area (Å²) >= 11 is 1.45. The van der Waals surface area contributed by atoms with Crippen molar-refractivity contribution in [3.8, 4) is 21.7 Å². The molecule has 1 aromatic heterocycles. The molecule has 7 heteroatoms. The van der Waals surface area contributed by atoms with Gasteiger partial charge in [0.25, 0.3) is 0 Å². The average molecular weight is 384 g/mol. The molecule has 1 aliphatic heterocycles. The van der Waals surface area contributed by atoms with Crippen molar-refractivity contribution in [3.63, 3.8) is 0 Å². The number of amides is 1. The minimum atomic E-state index is -0.454. The maximum Gasteiger partial charge on any atom is 0.414 e. The molecule has 0 unspecified atom stereocenters. The molecule has 2 aromatic carbocycles. The van der Waals surface area contributed by atoms with Crippen LogP contribution in [0.25, 0.3) is 21.7 Å². The van der Waals surface area contributed by atoms with E-state index in [-0.39, 0.29) is 12.7 Å². The van der Waals surface area contributed by atoms with Crippen LogP contribution in [0.2, 0.25) is 0 Å². The molecule has 5 nitrogen and oxygen atoms in total. The first-order valence-electron chi connectivity index (χ1n) is 8.49. The molecule has 138 valence electrons. The van der Waals surface area contributed by atoms with Crippen molar-refractivity contribution >= 4 is 23.1 Å². The minimum Gasteiger partial charge on any atom is -0.444 e. The highest BCUT2D eigenvalue weighted by Crippen LogP contribution is 2.31. The number of aliphatic hydroxyl groups is 1. The third-order valence-electron chi connectivity index (χ3n) is 4.38. The molecule has 0 radical (unpaired) electrons. The van der Waals surface area contributed by atoms with Gasteiger partial charge in [0.2, 0.25) is 0 Å². The smallest absolute Gasteiger partial charge is 0.414 e. The van der Waals surface area contributed by atoms with Crippen LogP contribution in [0.5, 0.6) is 0 Å². The van der Waals surface area contributed by atoms with E-state index < -0.39 is 11.9 Å². The van der Waals surface area contributed by atoms with Crippen LogP contribution in [0.15, 0.2) is 47.8 Å². The van der Waals surface area contributed by atoms with Crippen LogP contribution in [-0.4, -0.2) is 28.8 Å². The summed E-state index contributed by atoms with van der Waals surface area (Å²) in [5, 5.41) is 11.7. The second-order valence-corrected chi connectivity index (χ2v) is 7.21. The van der Waals surface area contributed by atoms with Gasteiger partial charge in [-0.3, -0.25) is 4.90 Å². The normalized spacial score (nSPS) is 16.6. The lowest BCUT2D eigenvalue weighted by molar-refractivity contribution is 0.150. The first-order valence-corrected chi connectivity index (χ1v) is 9.37. The summed E-state index contributed by atoms with van der Waals surface area (Å²) in [6, 6.07) is 12.2. The van der Waals surface area contributed by atoms with Crippen LogP contribution >= 0.6 is 11.3 Å². The fraction of sp³-hybridized carbons (Fsp3) is 0.200. The molecule has 2 heterocycles. The Hall–Kier alpha value is -2.77. The number of carbonyl (C=O) groups is 1. The number of nitrogens with zero attached hydrogens (tertiary/aromatic N) is 2. The van der Waals surface area contributed by atoms with E-state index in [1.54, 1.807) is 19.1 Å². The summed E-state index contributed by atoms with van der Waals surface area (Å²) in [5.41, 5.74) is 3.23. The van der Waals surface area contributed by atoms with Gasteiger partial charge in [-0.15, -0.1) is 11.3 Å². The summed E-state index contributed by atoms with van der Waals surface area (Å²) in [6.07, 6.45) is -0.658. The van der Waals surface area contributed by atoms with Gasteiger partial charge in [0.15, 0.2) is 0 Å². The number of benzene rings is 2. The van der Waals surface area contributed by atoms with Crippen molar-refractivity contribution in [1.29, 1.82) is 0 Å². The molecule has 1 amide bonds. The average Bonchev–Trinajstić information content (AvgIpc) is 3.28. The largest absolute Gasteiger partial charge is 0.444 e. The molecule has 0 bridgehead atoms. The zero-order chi connectivity index (χ0) is 19.0. The number of thiazole rings is 1. The van der Waals surface area contributed by atoms with E-state index >= 15 is 0 Å². The van der Waals surface area contributed by atoms with E-state index in [4.69, 9.17) is 9.84 Å². The SMILES string of the molecule is C[C@H]1CN(c2ccc(-c3ccc(-c4nc(CO)cs4)cc3)c(F)c2)C(=O)O1. The summed E-state index contributed by atoms with van der Waals surface area (Å²) in [4.78, 5) is 17.6. The van der Waals surface area contributed by atoms with Gasteiger partial charge in [0, 0.05) is 16.5 Å². The van der Waals surface area contributed by atoms with Crippen LogP contribution in [0.3, 0.4) is 0 Å². The van der Waals surface area contributed by atoms with Crippen molar-refractivity contribution in [3.05, 3.63) is 59.4 Å². The maximum atomic E-state index is 14.7.